The van der Waals surface area contributed by atoms with E-state index in [0.717, 1.165) is 21.6 Å². The minimum atomic E-state index is 0.461. The molecule has 2 aliphatic rings. The predicted molar refractivity (Wildman–Crippen MR) is 112 cm³/mol. The molecule has 2 atom stereocenters. The van der Waals surface area contributed by atoms with Gasteiger partial charge in [0, 0.05) is 23.5 Å². The smallest absolute Gasteiger partial charge is 0.128 e. The van der Waals surface area contributed by atoms with Crippen molar-refractivity contribution in [2.45, 2.75) is 43.8 Å². The molecule has 134 valence electrons. The van der Waals surface area contributed by atoms with Crippen molar-refractivity contribution in [3.05, 3.63) is 40.7 Å². The van der Waals surface area contributed by atoms with E-state index in [1.54, 1.807) is 11.3 Å². The Balaban J connectivity index is 1.40. The average Bonchev–Trinajstić information content (AvgIpc) is 3.34. The Morgan fingerprint density at radius 2 is 2.04 bits per heavy atom. The van der Waals surface area contributed by atoms with E-state index in [9.17, 15) is 0 Å². The van der Waals surface area contributed by atoms with Gasteiger partial charge >= 0.3 is 0 Å². The monoisotopic (exact) mass is 382 g/mol. The Labute approximate surface area is 162 Å². The number of piperidine rings is 1. The minimum Gasteiger partial charge on any atom is -0.372 e. The number of aromatic amines is 1. The third-order valence-electron chi connectivity index (χ3n) is 6.07. The zero-order chi connectivity index (χ0) is 17.7. The second-order valence-electron chi connectivity index (χ2n) is 7.54. The highest BCUT2D eigenvalue weighted by Gasteiger charge is 2.38. The Hall–Kier alpha value is -1.76. The number of nitrogens with one attached hydrogen (secondary N) is 2. The van der Waals surface area contributed by atoms with E-state index in [1.807, 2.05) is 0 Å². The lowest BCUT2D eigenvalue weighted by atomic mass is 9.98. The molecule has 0 spiro atoms. The summed E-state index contributed by atoms with van der Waals surface area (Å²) in [6.07, 6.45) is 4.99. The highest BCUT2D eigenvalue weighted by molar-refractivity contribution is 7.80. The van der Waals surface area contributed by atoms with Gasteiger partial charge in [-0.25, -0.2) is 0 Å². The Bertz CT molecular complexity index is 932. The van der Waals surface area contributed by atoms with Crippen LogP contribution in [0.3, 0.4) is 0 Å². The van der Waals surface area contributed by atoms with Crippen LogP contribution in [0.5, 0.6) is 0 Å². The van der Waals surface area contributed by atoms with Crippen LogP contribution in [0.2, 0.25) is 0 Å². The summed E-state index contributed by atoms with van der Waals surface area (Å²) in [6, 6.07) is 10.4. The molecule has 5 rings (SSSR count). The van der Waals surface area contributed by atoms with Crippen LogP contribution in [-0.2, 0) is 0 Å². The van der Waals surface area contributed by atoms with Gasteiger partial charge in [0.2, 0.25) is 0 Å². The number of nitrogens with zero attached hydrogens (tertiary/aromatic N) is 2. The Kier molecular flexibility index (Phi) is 4.07. The number of thiophene rings is 1. The van der Waals surface area contributed by atoms with Gasteiger partial charge in [0.1, 0.15) is 10.7 Å². The molecule has 4 heterocycles. The predicted octanol–water partition coefficient (Wildman–Crippen LogP) is 4.18. The van der Waals surface area contributed by atoms with Crippen LogP contribution in [0.25, 0.3) is 22.0 Å². The van der Waals surface area contributed by atoms with Crippen LogP contribution in [0.15, 0.2) is 35.0 Å². The topological polar surface area (TPSA) is 44.0 Å². The fraction of sp³-hybridized carbons (Fsp3) is 0.400. The van der Waals surface area contributed by atoms with E-state index >= 15 is 0 Å². The average molecular weight is 383 g/mol. The molecule has 2 aromatic heterocycles. The molecule has 2 unspecified atom stereocenters. The van der Waals surface area contributed by atoms with Crippen molar-refractivity contribution in [1.82, 2.24) is 20.4 Å². The van der Waals surface area contributed by atoms with Crippen LogP contribution in [0.4, 0.5) is 0 Å². The normalized spacial score (nSPS) is 25.7. The lowest BCUT2D eigenvalue weighted by Crippen LogP contribution is -2.48. The summed E-state index contributed by atoms with van der Waals surface area (Å²) in [7, 11) is 2.27. The van der Waals surface area contributed by atoms with Crippen LogP contribution in [0, 0.1) is 0 Å². The molecule has 3 aromatic rings. The van der Waals surface area contributed by atoms with Crippen molar-refractivity contribution < 1.29 is 0 Å². The molecule has 2 saturated heterocycles. The van der Waals surface area contributed by atoms with Crippen LogP contribution in [0.1, 0.15) is 31.4 Å². The third-order valence-corrected chi connectivity index (χ3v) is 7.06. The van der Waals surface area contributed by atoms with E-state index < -0.39 is 0 Å². The first kappa shape index (κ1) is 16.4. The molecule has 2 fully saturated rings. The van der Waals surface area contributed by atoms with E-state index in [4.69, 9.17) is 12.2 Å². The molecular formula is C20H22N4S2. The number of H-pyrrole nitrogens is 1. The molecule has 1 aromatic carbocycles. The number of benzene rings is 1. The molecule has 0 saturated carbocycles. The van der Waals surface area contributed by atoms with Gasteiger partial charge < -0.3 is 10.2 Å². The standard InChI is InChI=1S/C20H22N4S2/c1-24-15-3-4-16(24)10-14(9-15)21-20(25)19-17-8-12(13-6-7-26-11-13)2-5-18(17)22-23-19/h2,5-8,11,14-16H,3-4,9-10H2,1H3,(H,21,25)(H,22,23). The summed E-state index contributed by atoms with van der Waals surface area (Å²) in [5.74, 6) is 0. The van der Waals surface area contributed by atoms with Crippen molar-refractivity contribution in [3.8, 4) is 11.1 Å². The molecule has 0 amide bonds. The largest absolute Gasteiger partial charge is 0.372 e. The molecule has 4 nitrogen and oxygen atoms in total. The van der Waals surface area contributed by atoms with Crippen LogP contribution >= 0.6 is 23.6 Å². The quantitative estimate of drug-likeness (QED) is 0.667. The first-order valence-electron chi connectivity index (χ1n) is 9.22. The Morgan fingerprint density at radius 1 is 1.23 bits per heavy atom. The van der Waals surface area contributed by atoms with Gasteiger partial charge in [-0.15, -0.1) is 0 Å². The van der Waals surface area contributed by atoms with E-state index in [0.29, 0.717) is 18.1 Å². The maximum absolute atomic E-state index is 5.75. The first-order valence-corrected chi connectivity index (χ1v) is 10.6. The molecule has 0 radical (unpaired) electrons. The SMILES string of the molecule is CN1C2CCC1CC(NC(=S)c1n[nH]c3ccc(-c4ccsc4)cc13)C2. The summed E-state index contributed by atoms with van der Waals surface area (Å²) < 4.78 is 0. The van der Waals surface area contributed by atoms with Crippen molar-refractivity contribution in [1.29, 1.82) is 0 Å². The summed E-state index contributed by atoms with van der Waals surface area (Å²) in [4.78, 5) is 3.32. The summed E-state index contributed by atoms with van der Waals surface area (Å²) in [5, 5.41) is 16.6. The van der Waals surface area contributed by atoms with E-state index in [1.165, 1.54) is 36.8 Å². The first-order chi connectivity index (χ1) is 12.7. The van der Waals surface area contributed by atoms with Crippen molar-refractivity contribution in [2.75, 3.05) is 7.05 Å². The van der Waals surface area contributed by atoms with Crippen molar-refractivity contribution in [2.24, 2.45) is 0 Å². The third kappa shape index (κ3) is 2.76. The fourth-order valence-electron chi connectivity index (χ4n) is 4.58. The van der Waals surface area contributed by atoms with Gasteiger partial charge in [0.25, 0.3) is 0 Å². The zero-order valence-corrected chi connectivity index (χ0v) is 16.4. The maximum atomic E-state index is 5.75. The minimum absolute atomic E-state index is 0.461. The van der Waals surface area contributed by atoms with E-state index in [-0.39, 0.29) is 0 Å². The Morgan fingerprint density at radius 3 is 2.77 bits per heavy atom. The highest BCUT2D eigenvalue weighted by atomic mass is 32.1. The lowest BCUT2D eigenvalue weighted by molar-refractivity contribution is 0.157. The highest BCUT2D eigenvalue weighted by Crippen LogP contribution is 2.34. The molecule has 2 bridgehead atoms. The number of hydrogen-bond donors (Lipinski definition) is 2. The molecule has 2 N–H and O–H groups in total. The molecule has 0 aliphatic carbocycles. The summed E-state index contributed by atoms with van der Waals surface area (Å²) >= 11 is 7.46. The van der Waals surface area contributed by atoms with E-state index in [2.05, 4.69) is 62.5 Å². The number of aromatic nitrogens is 2. The van der Waals surface area contributed by atoms with Crippen LogP contribution in [-0.4, -0.2) is 45.3 Å². The molecular weight excluding hydrogens is 360 g/mol. The van der Waals surface area contributed by atoms with Crippen molar-refractivity contribution in [3.63, 3.8) is 0 Å². The zero-order valence-electron chi connectivity index (χ0n) is 14.7. The molecule has 2 aliphatic heterocycles. The number of rotatable bonds is 3. The van der Waals surface area contributed by atoms with Gasteiger partial charge in [0.05, 0.1) is 5.52 Å². The van der Waals surface area contributed by atoms with Crippen LogP contribution < -0.4 is 5.32 Å². The van der Waals surface area contributed by atoms with Gasteiger partial charge in [-0.2, -0.15) is 16.4 Å². The number of hydrogen-bond acceptors (Lipinski definition) is 4. The summed E-state index contributed by atoms with van der Waals surface area (Å²) in [5.41, 5.74) is 4.36. The van der Waals surface area contributed by atoms with Crippen molar-refractivity contribution >= 4 is 39.4 Å². The maximum Gasteiger partial charge on any atom is 0.128 e. The van der Waals surface area contributed by atoms with Gasteiger partial charge in [0.15, 0.2) is 0 Å². The second-order valence-corrected chi connectivity index (χ2v) is 8.73. The fourth-order valence-corrected chi connectivity index (χ4v) is 5.57. The lowest BCUT2D eigenvalue weighted by Gasteiger charge is -2.36. The molecule has 6 heteroatoms. The van der Waals surface area contributed by atoms with Gasteiger partial charge in [-0.1, -0.05) is 18.3 Å². The molecule has 26 heavy (non-hydrogen) atoms. The summed E-state index contributed by atoms with van der Waals surface area (Å²) in [6.45, 7) is 0. The second kappa shape index (κ2) is 6.44. The van der Waals surface area contributed by atoms with Gasteiger partial charge in [-0.3, -0.25) is 5.10 Å². The van der Waals surface area contributed by atoms with Gasteiger partial charge in [-0.05, 0) is 72.8 Å². The number of thiocarbonyl (C=S) groups is 1. The number of fused-ring (bicyclic) bond motifs is 3.